The van der Waals surface area contributed by atoms with E-state index in [1.165, 1.54) is 0 Å². The van der Waals surface area contributed by atoms with Crippen LogP contribution in [-0.2, 0) is 16.1 Å². The molecular weight excluding hydrogens is 254 g/mol. The summed E-state index contributed by atoms with van der Waals surface area (Å²) >= 11 is 0. The van der Waals surface area contributed by atoms with E-state index in [4.69, 9.17) is 0 Å². The van der Waals surface area contributed by atoms with Gasteiger partial charge in [0.1, 0.15) is 0 Å². The highest BCUT2D eigenvalue weighted by Gasteiger charge is 2.27. The molecule has 2 heterocycles. The SMILES string of the molecule is CCN(Cc1cccc(C)n1)C(=O)C1CCC(=O)NC1. The maximum Gasteiger partial charge on any atom is 0.227 e. The lowest BCUT2D eigenvalue weighted by molar-refractivity contribution is -0.137. The van der Waals surface area contributed by atoms with Gasteiger partial charge in [-0.1, -0.05) is 6.07 Å². The average molecular weight is 275 g/mol. The lowest BCUT2D eigenvalue weighted by Gasteiger charge is -2.28. The van der Waals surface area contributed by atoms with E-state index in [9.17, 15) is 9.59 Å². The molecule has 1 aromatic rings. The molecule has 1 aromatic heterocycles. The van der Waals surface area contributed by atoms with Crippen molar-refractivity contribution in [3.63, 3.8) is 0 Å². The number of hydrogen-bond donors (Lipinski definition) is 1. The summed E-state index contributed by atoms with van der Waals surface area (Å²) < 4.78 is 0. The molecule has 1 aliphatic heterocycles. The van der Waals surface area contributed by atoms with E-state index in [0.29, 0.717) is 32.5 Å². The van der Waals surface area contributed by atoms with Crippen LogP contribution in [0, 0.1) is 12.8 Å². The third-order valence-electron chi connectivity index (χ3n) is 3.61. The molecule has 0 aromatic carbocycles. The van der Waals surface area contributed by atoms with Crippen LogP contribution in [0.4, 0.5) is 0 Å². The molecule has 0 bridgehead atoms. The number of aromatic nitrogens is 1. The molecule has 1 atom stereocenters. The molecule has 1 fully saturated rings. The number of aryl methyl sites for hydroxylation is 1. The number of rotatable bonds is 4. The Kier molecular flexibility index (Phi) is 4.71. The Morgan fingerprint density at radius 3 is 2.90 bits per heavy atom. The van der Waals surface area contributed by atoms with E-state index < -0.39 is 0 Å². The van der Waals surface area contributed by atoms with Crippen LogP contribution in [0.2, 0.25) is 0 Å². The first kappa shape index (κ1) is 14.5. The van der Waals surface area contributed by atoms with Crippen molar-refractivity contribution in [2.45, 2.75) is 33.2 Å². The maximum atomic E-state index is 12.5. The highest BCUT2D eigenvalue weighted by atomic mass is 16.2. The van der Waals surface area contributed by atoms with Crippen molar-refractivity contribution in [1.82, 2.24) is 15.2 Å². The highest BCUT2D eigenvalue weighted by Crippen LogP contribution is 2.15. The van der Waals surface area contributed by atoms with Gasteiger partial charge < -0.3 is 10.2 Å². The molecule has 0 spiro atoms. The third-order valence-corrected chi connectivity index (χ3v) is 3.61. The van der Waals surface area contributed by atoms with Gasteiger partial charge in [-0.05, 0) is 32.4 Å². The molecule has 2 amide bonds. The van der Waals surface area contributed by atoms with Crippen LogP contribution in [0.15, 0.2) is 18.2 Å². The molecule has 1 N–H and O–H groups in total. The minimum Gasteiger partial charge on any atom is -0.355 e. The lowest BCUT2D eigenvalue weighted by atomic mass is 9.97. The van der Waals surface area contributed by atoms with Gasteiger partial charge in [-0.3, -0.25) is 14.6 Å². The second-order valence-corrected chi connectivity index (χ2v) is 5.16. The fourth-order valence-corrected chi connectivity index (χ4v) is 2.43. The number of pyridine rings is 1. The number of amides is 2. The van der Waals surface area contributed by atoms with E-state index in [2.05, 4.69) is 10.3 Å². The van der Waals surface area contributed by atoms with E-state index >= 15 is 0 Å². The summed E-state index contributed by atoms with van der Waals surface area (Å²) in [7, 11) is 0. The van der Waals surface area contributed by atoms with E-state index in [1.54, 1.807) is 0 Å². The number of nitrogens with one attached hydrogen (secondary N) is 1. The predicted molar refractivity (Wildman–Crippen MR) is 75.8 cm³/mol. The van der Waals surface area contributed by atoms with E-state index in [0.717, 1.165) is 11.4 Å². The highest BCUT2D eigenvalue weighted by molar-refractivity contribution is 5.83. The minimum absolute atomic E-state index is 0.0393. The van der Waals surface area contributed by atoms with Gasteiger partial charge in [-0.2, -0.15) is 0 Å². The lowest BCUT2D eigenvalue weighted by Crippen LogP contribution is -2.44. The summed E-state index contributed by atoms with van der Waals surface area (Å²) in [5.41, 5.74) is 1.86. The Morgan fingerprint density at radius 1 is 1.50 bits per heavy atom. The number of nitrogens with zero attached hydrogens (tertiary/aromatic N) is 2. The van der Waals surface area contributed by atoms with Crippen molar-refractivity contribution in [3.8, 4) is 0 Å². The smallest absolute Gasteiger partial charge is 0.227 e. The topological polar surface area (TPSA) is 62.3 Å². The Hall–Kier alpha value is -1.91. The summed E-state index contributed by atoms with van der Waals surface area (Å²) in [5.74, 6) is 0.0470. The molecule has 20 heavy (non-hydrogen) atoms. The number of hydrogen-bond acceptors (Lipinski definition) is 3. The summed E-state index contributed by atoms with van der Waals surface area (Å²) in [5, 5.41) is 2.76. The summed E-state index contributed by atoms with van der Waals surface area (Å²) in [6.45, 7) is 5.54. The maximum absolute atomic E-state index is 12.5. The van der Waals surface area contributed by atoms with Gasteiger partial charge in [0.2, 0.25) is 11.8 Å². The normalized spacial score (nSPS) is 18.5. The van der Waals surface area contributed by atoms with Crippen LogP contribution in [0.1, 0.15) is 31.2 Å². The molecule has 0 saturated carbocycles. The molecule has 1 aliphatic rings. The van der Waals surface area contributed by atoms with Gasteiger partial charge in [0.05, 0.1) is 18.2 Å². The van der Waals surface area contributed by atoms with E-state index in [1.807, 2.05) is 36.9 Å². The predicted octanol–water partition coefficient (Wildman–Crippen LogP) is 1.26. The second kappa shape index (κ2) is 6.50. The van der Waals surface area contributed by atoms with Gasteiger partial charge in [0.15, 0.2) is 0 Å². The fourth-order valence-electron chi connectivity index (χ4n) is 2.43. The zero-order chi connectivity index (χ0) is 14.5. The van der Waals surface area contributed by atoms with Gasteiger partial charge in [-0.15, -0.1) is 0 Å². The molecule has 0 radical (unpaired) electrons. The monoisotopic (exact) mass is 275 g/mol. The van der Waals surface area contributed by atoms with Crippen LogP contribution in [0.3, 0.4) is 0 Å². The summed E-state index contributed by atoms with van der Waals surface area (Å²) in [6.07, 6.45) is 1.08. The van der Waals surface area contributed by atoms with Gasteiger partial charge >= 0.3 is 0 Å². The largest absolute Gasteiger partial charge is 0.355 e. The van der Waals surface area contributed by atoms with Gasteiger partial charge in [-0.25, -0.2) is 0 Å². The standard InChI is InChI=1S/C15H21N3O2/c1-3-18(10-13-6-4-5-11(2)17-13)15(20)12-7-8-14(19)16-9-12/h4-6,12H,3,7-10H2,1-2H3,(H,16,19). The second-order valence-electron chi connectivity index (χ2n) is 5.16. The number of carbonyl (C=O) groups excluding carboxylic acids is 2. The van der Waals surface area contributed by atoms with Crippen molar-refractivity contribution in [2.75, 3.05) is 13.1 Å². The van der Waals surface area contributed by atoms with Crippen LogP contribution in [0.5, 0.6) is 0 Å². The zero-order valence-corrected chi connectivity index (χ0v) is 12.1. The fraction of sp³-hybridized carbons (Fsp3) is 0.533. The van der Waals surface area contributed by atoms with Crippen molar-refractivity contribution in [1.29, 1.82) is 0 Å². The number of carbonyl (C=O) groups is 2. The quantitative estimate of drug-likeness (QED) is 0.900. The van der Waals surface area contributed by atoms with Gasteiger partial charge in [0, 0.05) is 25.2 Å². The first-order chi connectivity index (χ1) is 9.60. The van der Waals surface area contributed by atoms with Crippen molar-refractivity contribution < 1.29 is 9.59 Å². The molecular formula is C15H21N3O2. The first-order valence-electron chi connectivity index (χ1n) is 7.08. The zero-order valence-electron chi connectivity index (χ0n) is 12.1. The molecule has 5 heteroatoms. The van der Waals surface area contributed by atoms with Crippen LogP contribution in [0.25, 0.3) is 0 Å². The van der Waals surface area contributed by atoms with Crippen LogP contribution >= 0.6 is 0 Å². The summed E-state index contributed by atoms with van der Waals surface area (Å²) in [6, 6.07) is 5.83. The Bertz CT molecular complexity index is 492. The Morgan fingerprint density at radius 2 is 2.30 bits per heavy atom. The Balaban J connectivity index is 2.00. The van der Waals surface area contributed by atoms with Crippen LogP contribution in [-0.4, -0.2) is 34.8 Å². The average Bonchev–Trinajstić information content (AvgIpc) is 2.45. The molecule has 108 valence electrons. The molecule has 1 unspecified atom stereocenters. The molecule has 2 rings (SSSR count). The molecule has 1 saturated heterocycles. The van der Waals surface area contributed by atoms with Crippen molar-refractivity contribution in [3.05, 3.63) is 29.6 Å². The summed E-state index contributed by atoms with van der Waals surface area (Å²) in [4.78, 5) is 29.9. The Labute approximate surface area is 119 Å². The third kappa shape index (κ3) is 3.56. The van der Waals surface area contributed by atoms with Crippen molar-refractivity contribution in [2.24, 2.45) is 5.92 Å². The van der Waals surface area contributed by atoms with Crippen LogP contribution < -0.4 is 5.32 Å². The van der Waals surface area contributed by atoms with E-state index in [-0.39, 0.29) is 17.7 Å². The first-order valence-corrected chi connectivity index (χ1v) is 7.08. The van der Waals surface area contributed by atoms with Gasteiger partial charge in [0.25, 0.3) is 0 Å². The minimum atomic E-state index is -0.0996. The molecule has 5 nitrogen and oxygen atoms in total. The molecule has 0 aliphatic carbocycles. The van der Waals surface area contributed by atoms with Crippen molar-refractivity contribution >= 4 is 11.8 Å². The number of piperidine rings is 1.